The molecular formula is C11H10ClN3O2. The third-order valence-corrected chi connectivity index (χ3v) is 2.34. The standard InChI is InChI=1S/C11H10ClN3O2/c1-2-5-15(7-9(16)17)11-10(12)8(6-13)3-4-14-11/h2-4H,1,5,7H2,(H,16,17). The number of hydrogen-bond acceptors (Lipinski definition) is 4. The number of carboxylic acid groups (broad SMARTS) is 1. The first-order valence-corrected chi connectivity index (χ1v) is 5.10. The Hall–Kier alpha value is -2.06. The van der Waals surface area contributed by atoms with Gasteiger partial charge in [-0.3, -0.25) is 4.79 Å². The van der Waals surface area contributed by atoms with E-state index >= 15 is 0 Å². The zero-order valence-electron chi connectivity index (χ0n) is 8.93. The lowest BCUT2D eigenvalue weighted by molar-refractivity contribution is -0.135. The van der Waals surface area contributed by atoms with E-state index in [1.807, 2.05) is 6.07 Å². The van der Waals surface area contributed by atoms with Gasteiger partial charge in [0.25, 0.3) is 0 Å². The van der Waals surface area contributed by atoms with Gasteiger partial charge in [-0.15, -0.1) is 6.58 Å². The molecule has 0 saturated carbocycles. The highest BCUT2D eigenvalue weighted by atomic mass is 35.5. The van der Waals surface area contributed by atoms with Gasteiger partial charge < -0.3 is 10.0 Å². The van der Waals surface area contributed by atoms with E-state index < -0.39 is 5.97 Å². The Bertz CT molecular complexity index is 482. The van der Waals surface area contributed by atoms with E-state index in [1.54, 1.807) is 6.08 Å². The molecule has 0 amide bonds. The fourth-order valence-electron chi connectivity index (χ4n) is 1.28. The molecule has 0 atom stereocenters. The van der Waals surface area contributed by atoms with Gasteiger partial charge in [0, 0.05) is 12.7 Å². The van der Waals surface area contributed by atoms with Gasteiger partial charge in [-0.05, 0) is 6.07 Å². The molecule has 0 bridgehead atoms. The molecule has 1 heterocycles. The van der Waals surface area contributed by atoms with Crippen molar-refractivity contribution in [2.75, 3.05) is 18.0 Å². The molecule has 6 heteroatoms. The van der Waals surface area contributed by atoms with Crippen molar-refractivity contribution in [2.24, 2.45) is 0 Å². The van der Waals surface area contributed by atoms with E-state index in [0.717, 1.165) is 0 Å². The van der Waals surface area contributed by atoms with Gasteiger partial charge in [0.1, 0.15) is 23.5 Å². The maximum Gasteiger partial charge on any atom is 0.323 e. The van der Waals surface area contributed by atoms with E-state index in [1.165, 1.54) is 17.2 Å². The van der Waals surface area contributed by atoms with E-state index in [9.17, 15) is 4.79 Å². The van der Waals surface area contributed by atoms with Crippen molar-refractivity contribution in [1.29, 1.82) is 5.26 Å². The SMILES string of the molecule is C=CCN(CC(=O)O)c1nccc(C#N)c1Cl. The summed E-state index contributed by atoms with van der Waals surface area (Å²) >= 11 is 5.97. The van der Waals surface area contributed by atoms with Crippen LogP contribution in [0.5, 0.6) is 0 Å². The highest BCUT2D eigenvalue weighted by molar-refractivity contribution is 6.34. The van der Waals surface area contributed by atoms with E-state index in [0.29, 0.717) is 0 Å². The Balaban J connectivity index is 3.14. The van der Waals surface area contributed by atoms with Crippen LogP contribution < -0.4 is 4.90 Å². The lowest BCUT2D eigenvalue weighted by Crippen LogP contribution is -2.30. The minimum atomic E-state index is -1.01. The van der Waals surface area contributed by atoms with E-state index in [-0.39, 0.29) is 29.5 Å². The van der Waals surface area contributed by atoms with Gasteiger partial charge in [-0.2, -0.15) is 5.26 Å². The number of anilines is 1. The van der Waals surface area contributed by atoms with Crippen molar-refractivity contribution in [1.82, 2.24) is 4.98 Å². The summed E-state index contributed by atoms with van der Waals surface area (Å²) in [5, 5.41) is 17.7. The maximum atomic E-state index is 10.7. The molecule has 0 radical (unpaired) electrons. The van der Waals surface area contributed by atoms with Crippen LogP contribution in [0.15, 0.2) is 24.9 Å². The van der Waals surface area contributed by atoms with Gasteiger partial charge in [0.15, 0.2) is 0 Å². The lowest BCUT2D eigenvalue weighted by atomic mass is 10.2. The van der Waals surface area contributed by atoms with Crippen LogP contribution in [0.3, 0.4) is 0 Å². The Morgan fingerprint density at radius 3 is 3.00 bits per heavy atom. The van der Waals surface area contributed by atoms with Crippen LogP contribution in [0.25, 0.3) is 0 Å². The first kappa shape index (κ1) is 13.0. The predicted octanol–water partition coefficient (Wildman–Crippen LogP) is 1.68. The molecule has 0 aliphatic heterocycles. The van der Waals surface area contributed by atoms with Crippen molar-refractivity contribution in [2.45, 2.75) is 0 Å². The summed E-state index contributed by atoms with van der Waals surface area (Å²) in [4.78, 5) is 16.1. The minimum Gasteiger partial charge on any atom is -0.480 e. The minimum absolute atomic E-state index is 0.151. The molecule has 88 valence electrons. The second kappa shape index (κ2) is 5.87. The molecule has 5 nitrogen and oxygen atoms in total. The summed E-state index contributed by atoms with van der Waals surface area (Å²) in [6, 6.07) is 3.38. The summed E-state index contributed by atoms with van der Waals surface area (Å²) in [7, 11) is 0. The summed E-state index contributed by atoms with van der Waals surface area (Å²) in [5.74, 6) is -0.736. The quantitative estimate of drug-likeness (QED) is 0.806. The molecule has 1 rings (SSSR count). The molecule has 0 spiro atoms. The number of carbonyl (C=O) groups is 1. The monoisotopic (exact) mass is 251 g/mol. The van der Waals surface area contributed by atoms with Crippen LogP contribution in [0.4, 0.5) is 5.82 Å². The Morgan fingerprint density at radius 2 is 2.47 bits per heavy atom. The van der Waals surface area contributed by atoms with E-state index in [2.05, 4.69) is 11.6 Å². The number of nitrogens with zero attached hydrogens (tertiary/aromatic N) is 3. The zero-order chi connectivity index (χ0) is 12.8. The second-order valence-corrected chi connectivity index (χ2v) is 3.55. The highest BCUT2D eigenvalue weighted by Gasteiger charge is 2.16. The normalized spacial score (nSPS) is 9.41. The van der Waals surface area contributed by atoms with Gasteiger partial charge in [-0.25, -0.2) is 4.98 Å². The molecule has 0 fully saturated rings. The van der Waals surface area contributed by atoms with Crippen molar-refractivity contribution < 1.29 is 9.90 Å². The third-order valence-electron chi connectivity index (χ3n) is 1.97. The fourth-order valence-corrected chi connectivity index (χ4v) is 1.56. The molecule has 17 heavy (non-hydrogen) atoms. The highest BCUT2D eigenvalue weighted by Crippen LogP contribution is 2.26. The maximum absolute atomic E-state index is 10.7. The second-order valence-electron chi connectivity index (χ2n) is 3.17. The smallest absolute Gasteiger partial charge is 0.323 e. The zero-order valence-corrected chi connectivity index (χ0v) is 9.68. The largest absolute Gasteiger partial charge is 0.480 e. The summed E-state index contributed by atoms with van der Waals surface area (Å²) < 4.78 is 0. The number of hydrogen-bond donors (Lipinski definition) is 1. The van der Waals surface area contributed by atoms with Crippen molar-refractivity contribution in [3.05, 3.63) is 35.5 Å². The van der Waals surface area contributed by atoms with Gasteiger partial charge in [0.05, 0.1) is 5.56 Å². The average Bonchev–Trinajstić information content (AvgIpc) is 2.28. The van der Waals surface area contributed by atoms with Crippen LogP contribution in [0.2, 0.25) is 5.02 Å². The van der Waals surface area contributed by atoms with Crippen molar-refractivity contribution in [3.8, 4) is 6.07 Å². The number of pyridine rings is 1. The molecule has 1 N–H and O–H groups in total. The number of carboxylic acids is 1. The van der Waals surface area contributed by atoms with Gasteiger partial charge in [-0.1, -0.05) is 17.7 Å². The van der Waals surface area contributed by atoms with Crippen LogP contribution in [-0.2, 0) is 4.79 Å². The molecule has 0 aliphatic carbocycles. The average molecular weight is 252 g/mol. The molecule has 0 unspecified atom stereocenters. The predicted molar refractivity (Wildman–Crippen MR) is 64.0 cm³/mol. The van der Waals surface area contributed by atoms with Crippen LogP contribution in [0, 0.1) is 11.3 Å². The number of nitriles is 1. The first-order valence-electron chi connectivity index (χ1n) is 4.72. The van der Waals surface area contributed by atoms with Crippen LogP contribution >= 0.6 is 11.6 Å². The Kier molecular flexibility index (Phi) is 4.49. The Labute approximate surface area is 104 Å². The summed E-state index contributed by atoms with van der Waals surface area (Å²) in [5.41, 5.74) is 0.260. The van der Waals surface area contributed by atoms with Crippen LogP contribution in [-0.4, -0.2) is 29.1 Å². The Morgan fingerprint density at radius 1 is 1.76 bits per heavy atom. The van der Waals surface area contributed by atoms with Gasteiger partial charge in [0.2, 0.25) is 0 Å². The van der Waals surface area contributed by atoms with Crippen molar-refractivity contribution >= 4 is 23.4 Å². The number of rotatable bonds is 5. The van der Waals surface area contributed by atoms with E-state index in [4.69, 9.17) is 22.0 Å². The molecule has 0 saturated heterocycles. The topological polar surface area (TPSA) is 77.2 Å². The fraction of sp³-hybridized carbons (Fsp3) is 0.182. The lowest BCUT2D eigenvalue weighted by Gasteiger charge is -2.21. The summed E-state index contributed by atoms with van der Waals surface area (Å²) in [6.45, 7) is 3.56. The summed E-state index contributed by atoms with van der Waals surface area (Å²) in [6.07, 6.45) is 2.96. The number of aliphatic carboxylic acids is 1. The number of aromatic nitrogens is 1. The van der Waals surface area contributed by atoms with Crippen LogP contribution in [0.1, 0.15) is 5.56 Å². The third kappa shape index (κ3) is 3.20. The van der Waals surface area contributed by atoms with Gasteiger partial charge >= 0.3 is 5.97 Å². The molecule has 0 aliphatic rings. The molecule has 0 aromatic carbocycles. The molecular weight excluding hydrogens is 242 g/mol. The van der Waals surface area contributed by atoms with Crippen molar-refractivity contribution in [3.63, 3.8) is 0 Å². The molecule has 1 aromatic rings. The number of halogens is 1. The first-order chi connectivity index (χ1) is 8.10. The molecule has 1 aromatic heterocycles.